The second kappa shape index (κ2) is 12.2. The van der Waals surface area contributed by atoms with E-state index in [4.69, 9.17) is 0 Å². The number of nitrogens with one attached hydrogen (secondary N) is 2. The number of nitrogens with zero attached hydrogens (tertiary/aromatic N) is 2. The maximum Gasteiger partial charge on any atom is 0.236 e. The zero-order valence-corrected chi connectivity index (χ0v) is 18.3. The Morgan fingerprint density at radius 2 is 1.66 bits per heavy atom. The van der Waals surface area contributed by atoms with E-state index in [0.29, 0.717) is 19.6 Å². The highest BCUT2D eigenvalue weighted by molar-refractivity contribution is 5.92. The van der Waals surface area contributed by atoms with Crippen LogP contribution in [-0.4, -0.2) is 67.9 Å². The van der Waals surface area contributed by atoms with Crippen molar-refractivity contribution < 1.29 is 9.59 Å². The Bertz CT molecular complexity index is 627. The number of carbonyl (C=O) groups is 2. The van der Waals surface area contributed by atoms with E-state index in [0.717, 1.165) is 44.1 Å². The highest BCUT2D eigenvalue weighted by Gasteiger charge is 2.29. The molecular weight excluding hydrogens is 388 g/mol. The fourth-order valence-corrected chi connectivity index (χ4v) is 4.23. The van der Waals surface area contributed by atoms with Crippen LogP contribution in [0.15, 0.2) is 30.3 Å². The molecular formula is C22H35ClN4O2. The lowest BCUT2D eigenvalue weighted by atomic mass is 9.93. The fourth-order valence-electron chi connectivity index (χ4n) is 4.23. The largest absolute Gasteiger partial charge is 0.342 e. The van der Waals surface area contributed by atoms with E-state index in [1.54, 1.807) is 0 Å². The molecule has 0 radical (unpaired) electrons. The molecule has 1 aromatic carbocycles. The highest BCUT2D eigenvalue weighted by Crippen LogP contribution is 2.22. The van der Waals surface area contributed by atoms with Crippen molar-refractivity contribution in [3.63, 3.8) is 0 Å². The summed E-state index contributed by atoms with van der Waals surface area (Å²) in [4.78, 5) is 29.3. The van der Waals surface area contributed by atoms with Crippen molar-refractivity contribution in [2.75, 3.05) is 51.6 Å². The number of carbonyl (C=O) groups excluding carboxylic acids is 2. The summed E-state index contributed by atoms with van der Waals surface area (Å²) >= 11 is 0. The molecule has 2 amide bonds. The van der Waals surface area contributed by atoms with Gasteiger partial charge in [-0.25, -0.2) is 0 Å². The van der Waals surface area contributed by atoms with Gasteiger partial charge in [-0.15, -0.1) is 12.4 Å². The van der Waals surface area contributed by atoms with Crippen molar-refractivity contribution in [1.82, 2.24) is 15.1 Å². The first-order valence-electron chi connectivity index (χ1n) is 10.7. The van der Waals surface area contributed by atoms with Gasteiger partial charge in [-0.1, -0.05) is 18.2 Å². The van der Waals surface area contributed by atoms with Crippen LogP contribution in [0, 0.1) is 11.8 Å². The molecule has 2 heterocycles. The smallest absolute Gasteiger partial charge is 0.236 e. The quantitative estimate of drug-likeness (QED) is 0.708. The topological polar surface area (TPSA) is 64.7 Å². The molecule has 6 nitrogen and oxygen atoms in total. The average Bonchev–Trinajstić information content (AvgIpc) is 2.74. The van der Waals surface area contributed by atoms with Gasteiger partial charge in [0.25, 0.3) is 0 Å². The van der Waals surface area contributed by atoms with Crippen LogP contribution in [0.2, 0.25) is 0 Å². The van der Waals surface area contributed by atoms with Crippen molar-refractivity contribution >= 4 is 29.9 Å². The summed E-state index contributed by atoms with van der Waals surface area (Å²) in [7, 11) is 2.00. The maximum absolute atomic E-state index is 12.7. The molecule has 29 heavy (non-hydrogen) atoms. The molecule has 2 saturated heterocycles. The third kappa shape index (κ3) is 7.28. The third-order valence-corrected chi connectivity index (χ3v) is 6.13. The Morgan fingerprint density at radius 1 is 1.00 bits per heavy atom. The van der Waals surface area contributed by atoms with Gasteiger partial charge < -0.3 is 15.5 Å². The molecule has 0 unspecified atom stereocenters. The zero-order chi connectivity index (χ0) is 19.8. The van der Waals surface area contributed by atoms with Gasteiger partial charge in [-0.3, -0.25) is 14.5 Å². The SMILES string of the molecule is CNCCC1CCN(CC(=O)N2CCC(C(=O)Nc3ccccc3)CC2)CC1.Cl. The number of para-hydroxylation sites is 1. The summed E-state index contributed by atoms with van der Waals surface area (Å²) in [6, 6.07) is 9.57. The fraction of sp³-hybridized carbons (Fsp3) is 0.636. The summed E-state index contributed by atoms with van der Waals surface area (Å²) in [6.45, 7) is 5.02. The second-order valence-corrected chi connectivity index (χ2v) is 8.12. The van der Waals surface area contributed by atoms with Crippen LogP contribution in [-0.2, 0) is 9.59 Å². The first kappa shape index (κ1) is 23.6. The van der Waals surface area contributed by atoms with Gasteiger partial charge in [0.1, 0.15) is 0 Å². The molecule has 1 aromatic rings. The van der Waals surface area contributed by atoms with Crippen molar-refractivity contribution in [3.8, 4) is 0 Å². The normalized spacial score (nSPS) is 18.9. The van der Waals surface area contributed by atoms with E-state index in [1.165, 1.54) is 19.3 Å². The van der Waals surface area contributed by atoms with Gasteiger partial charge in [-0.05, 0) is 76.8 Å². The van der Waals surface area contributed by atoms with E-state index in [-0.39, 0.29) is 30.1 Å². The Balaban J connectivity index is 0.00000300. The average molecular weight is 423 g/mol. The summed E-state index contributed by atoms with van der Waals surface area (Å²) in [6.07, 6.45) is 5.11. The lowest BCUT2D eigenvalue weighted by Crippen LogP contribution is -2.47. The summed E-state index contributed by atoms with van der Waals surface area (Å²) < 4.78 is 0. The van der Waals surface area contributed by atoms with Gasteiger partial charge in [0.15, 0.2) is 0 Å². The van der Waals surface area contributed by atoms with Crippen LogP contribution in [0.3, 0.4) is 0 Å². The van der Waals surface area contributed by atoms with E-state index >= 15 is 0 Å². The Labute approximate surface area is 180 Å². The number of amides is 2. The maximum atomic E-state index is 12.7. The van der Waals surface area contributed by atoms with E-state index in [9.17, 15) is 9.59 Å². The lowest BCUT2D eigenvalue weighted by Gasteiger charge is -2.35. The second-order valence-electron chi connectivity index (χ2n) is 8.12. The zero-order valence-electron chi connectivity index (χ0n) is 17.4. The molecule has 0 bridgehead atoms. The summed E-state index contributed by atoms with van der Waals surface area (Å²) in [5, 5.41) is 6.21. The Morgan fingerprint density at radius 3 is 2.28 bits per heavy atom. The molecule has 3 rings (SSSR count). The number of benzene rings is 1. The summed E-state index contributed by atoms with van der Waals surface area (Å²) in [5.74, 6) is 1.07. The molecule has 0 aliphatic carbocycles. The molecule has 2 N–H and O–H groups in total. The predicted octanol–water partition coefficient (Wildman–Crippen LogP) is 2.61. The molecule has 0 aromatic heterocycles. The van der Waals surface area contributed by atoms with E-state index < -0.39 is 0 Å². The Kier molecular flexibility index (Phi) is 9.91. The number of anilines is 1. The first-order chi connectivity index (χ1) is 13.7. The van der Waals surface area contributed by atoms with Crippen LogP contribution in [0.5, 0.6) is 0 Å². The molecule has 2 aliphatic heterocycles. The molecule has 2 aliphatic rings. The van der Waals surface area contributed by atoms with E-state index in [1.807, 2.05) is 42.3 Å². The molecule has 0 spiro atoms. The Hall–Kier alpha value is -1.63. The minimum Gasteiger partial charge on any atom is -0.342 e. The third-order valence-electron chi connectivity index (χ3n) is 6.13. The monoisotopic (exact) mass is 422 g/mol. The van der Waals surface area contributed by atoms with Gasteiger partial charge >= 0.3 is 0 Å². The van der Waals surface area contributed by atoms with Gasteiger partial charge in [0.2, 0.25) is 11.8 Å². The van der Waals surface area contributed by atoms with Crippen molar-refractivity contribution in [2.24, 2.45) is 11.8 Å². The van der Waals surface area contributed by atoms with Crippen molar-refractivity contribution in [3.05, 3.63) is 30.3 Å². The lowest BCUT2D eigenvalue weighted by molar-refractivity contribution is -0.135. The number of hydrogen-bond donors (Lipinski definition) is 2. The predicted molar refractivity (Wildman–Crippen MR) is 119 cm³/mol. The number of halogens is 1. The van der Waals surface area contributed by atoms with E-state index in [2.05, 4.69) is 15.5 Å². The van der Waals surface area contributed by atoms with Crippen LogP contribution >= 0.6 is 12.4 Å². The number of piperidine rings is 2. The van der Waals surface area contributed by atoms with Crippen LogP contribution < -0.4 is 10.6 Å². The number of hydrogen-bond acceptors (Lipinski definition) is 4. The number of rotatable bonds is 7. The standard InChI is InChI=1S/C22H34N4O2.ClH/c1-23-12-7-18-8-13-25(14-9-18)17-21(27)26-15-10-19(11-16-26)22(28)24-20-5-3-2-4-6-20;/h2-6,18-19,23H,7-17H2,1H3,(H,24,28);1H. The molecule has 2 fully saturated rings. The molecule has 0 atom stereocenters. The minimum absolute atomic E-state index is 0. The minimum atomic E-state index is -0.00724. The van der Waals surface area contributed by atoms with Crippen LogP contribution in [0.4, 0.5) is 5.69 Å². The van der Waals surface area contributed by atoms with Crippen LogP contribution in [0.1, 0.15) is 32.1 Å². The molecule has 162 valence electrons. The number of likely N-dealkylation sites (tertiary alicyclic amines) is 2. The molecule has 0 saturated carbocycles. The van der Waals surface area contributed by atoms with Crippen molar-refractivity contribution in [1.29, 1.82) is 0 Å². The summed E-state index contributed by atoms with van der Waals surface area (Å²) in [5.41, 5.74) is 0.837. The van der Waals surface area contributed by atoms with Crippen molar-refractivity contribution in [2.45, 2.75) is 32.1 Å². The first-order valence-corrected chi connectivity index (χ1v) is 10.7. The van der Waals surface area contributed by atoms with Gasteiger partial charge in [0.05, 0.1) is 6.54 Å². The van der Waals surface area contributed by atoms with Gasteiger partial charge in [-0.2, -0.15) is 0 Å². The van der Waals surface area contributed by atoms with Crippen LogP contribution in [0.25, 0.3) is 0 Å². The highest BCUT2D eigenvalue weighted by atomic mass is 35.5. The van der Waals surface area contributed by atoms with Gasteiger partial charge in [0, 0.05) is 24.7 Å². The molecule has 7 heteroatoms.